The molecule has 2 aliphatic rings. The Kier molecular flexibility index (Phi) is 3.36. The molecule has 0 N–H and O–H groups in total. The maximum absolute atomic E-state index is 12.3. The third-order valence-electron chi connectivity index (χ3n) is 4.58. The fourth-order valence-corrected chi connectivity index (χ4v) is 3.27. The molecule has 1 saturated carbocycles. The van der Waals surface area contributed by atoms with Crippen molar-refractivity contribution in [3.05, 3.63) is 24.3 Å². The van der Waals surface area contributed by atoms with Crippen LogP contribution in [0.5, 0.6) is 0 Å². The summed E-state index contributed by atoms with van der Waals surface area (Å²) in [6.07, 6.45) is 9.72. The van der Waals surface area contributed by atoms with E-state index < -0.39 is 0 Å². The van der Waals surface area contributed by atoms with Gasteiger partial charge in [-0.05, 0) is 12.8 Å². The summed E-state index contributed by atoms with van der Waals surface area (Å²) in [5.74, 6) is 0.591. The van der Waals surface area contributed by atoms with Crippen molar-refractivity contribution in [3.63, 3.8) is 0 Å². The van der Waals surface area contributed by atoms with Crippen LogP contribution in [0.4, 0.5) is 0 Å². The van der Waals surface area contributed by atoms with Gasteiger partial charge in [0.25, 0.3) is 0 Å². The molecule has 3 heterocycles. The van der Waals surface area contributed by atoms with E-state index in [1.54, 1.807) is 17.2 Å². The maximum atomic E-state index is 12.3. The van der Waals surface area contributed by atoms with Gasteiger partial charge in [-0.1, -0.05) is 18.1 Å². The molecule has 116 valence electrons. The second kappa shape index (κ2) is 5.51. The van der Waals surface area contributed by atoms with Gasteiger partial charge in [0.05, 0.1) is 24.6 Å². The van der Waals surface area contributed by atoms with E-state index in [0.29, 0.717) is 12.5 Å². The summed E-state index contributed by atoms with van der Waals surface area (Å²) in [4.78, 5) is 15.8. The number of amides is 1. The average molecular weight is 301 g/mol. The molecule has 2 fully saturated rings. The topological polar surface area (TPSA) is 81.7 Å². The van der Waals surface area contributed by atoms with Crippen LogP contribution < -0.4 is 0 Å². The lowest BCUT2D eigenvalue weighted by Crippen LogP contribution is -2.52. The Balaban J connectivity index is 1.33. The van der Waals surface area contributed by atoms with Gasteiger partial charge in [0, 0.05) is 19.0 Å². The molecular formula is C14H19N7O. The van der Waals surface area contributed by atoms with Crippen LogP contribution in [0.2, 0.25) is 0 Å². The van der Waals surface area contributed by atoms with E-state index in [4.69, 9.17) is 0 Å². The van der Waals surface area contributed by atoms with Crippen molar-refractivity contribution in [2.24, 2.45) is 5.92 Å². The van der Waals surface area contributed by atoms with E-state index in [1.807, 2.05) is 15.8 Å². The molecule has 1 aliphatic heterocycles. The number of hydrogen-bond donors (Lipinski definition) is 0. The van der Waals surface area contributed by atoms with Gasteiger partial charge in [-0.25, -0.2) is 4.68 Å². The molecule has 1 amide bonds. The molecule has 0 bridgehead atoms. The van der Waals surface area contributed by atoms with Crippen molar-refractivity contribution in [2.45, 2.75) is 38.3 Å². The van der Waals surface area contributed by atoms with Crippen LogP contribution in [0.3, 0.4) is 0 Å². The minimum atomic E-state index is 0.247. The Morgan fingerprint density at radius 3 is 2.64 bits per heavy atom. The lowest BCUT2D eigenvalue weighted by molar-refractivity contribution is -0.141. The second-order valence-electron chi connectivity index (χ2n) is 6.13. The van der Waals surface area contributed by atoms with Gasteiger partial charge >= 0.3 is 0 Å². The van der Waals surface area contributed by atoms with Crippen LogP contribution in [0, 0.1) is 5.92 Å². The van der Waals surface area contributed by atoms with Gasteiger partial charge in [0.15, 0.2) is 0 Å². The number of carbonyl (C=O) groups excluding carboxylic acids is 1. The van der Waals surface area contributed by atoms with Crippen molar-refractivity contribution in [1.82, 2.24) is 34.9 Å². The molecule has 4 rings (SSSR count). The molecule has 8 nitrogen and oxygen atoms in total. The molecule has 1 saturated heterocycles. The molecule has 2 aromatic heterocycles. The standard InChI is InChI=1S/C14H19N7O/c22-14(11-3-1-2-4-11)19-9-13(10-19)20-7-12(17-18-20)8-21-15-5-6-16-21/h5-7,11,13H,1-4,8-10H2. The van der Waals surface area contributed by atoms with E-state index in [1.165, 1.54) is 12.8 Å². The summed E-state index contributed by atoms with van der Waals surface area (Å²) in [6, 6.07) is 0.247. The predicted octanol–water partition coefficient (Wildman–Crippen LogP) is 0.491. The van der Waals surface area contributed by atoms with Crippen LogP contribution in [-0.4, -0.2) is 53.9 Å². The minimum Gasteiger partial charge on any atom is -0.338 e. The van der Waals surface area contributed by atoms with Gasteiger partial charge in [0.1, 0.15) is 12.2 Å². The molecule has 22 heavy (non-hydrogen) atoms. The summed E-state index contributed by atoms with van der Waals surface area (Å²) < 4.78 is 1.86. The number of nitrogens with zero attached hydrogens (tertiary/aromatic N) is 7. The Hall–Kier alpha value is -2.25. The highest BCUT2D eigenvalue weighted by Crippen LogP contribution is 2.30. The number of likely N-dealkylation sites (tertiary alicyclic amines) is 1. The number of hydrogen-bond acceptors (Lipinski definition) is 5. The van der Waals surface area contributed by atoms with Gasteiger partial charge in [-0.2, -0.15) is 15.0 Å². The number of rotatable bonds is 4. The average Bonchev–Trinajstić information content (AvgIpc) is 3.19. The van der Waals surface area contributed by atoms with Crippen LogP contribution in [0.25, 0.3) is 0 Å². The Bertz CT molecular complexity index is 638. The predicted molar refractivity (Wildman–Crippen MR) is 76.7 cm³/mol. The van der Waals surface area contributed by atoms with E-state index in [-0.39, 0.29) is 12.0 Å². The molecule has 0 aromatic carbocycles. The van der Waals surface area contributed by atoms with E-state index >= 15 is 0 Å². The first-order valence-corrected chi connectivity index (χ1v) is 7.83. The zero-order valence-corrected chi connectivity index (χ0v) is 12.4. The first-order valence-electron chi connectivity index (χ1n) is 7.83. The lowest BCUT2D eigenvalue weighted by atomic mass is 10.0. The van der Waals surface area contributed by atoms with Gasteiger partial charge < -0.3 is 4.90 Å². The van der Waals surface area contributed by atoms with Crippen molar-refractivity contribution >= 4 is 5.91 Å². The summed E-state index contributed by atoms with van der Waals surface area (Å²) in [5, 5.41) is 16.4. The first kappa shape index (κ1) is 13.4. The SMILES string of the molecule is O=C(C1CCCC1)N1CC(n2cc(Cn3nccn3)nn2)C1. The smallest absolute Gasteiger partial charge is 0.225 e. The third-order valence-corrected chi connectivity index (χ3v) is 4.58. The van der Waals surface area contributed by atoms with E-state index in [2.05, 4.69) is 20.5 Å². The fourth-order valence-electron chi connectivity index (χ4n) is 3.27. The first-order chi connectivity index (χ1) is 10.8. The summed E-state index contributed by atoms with van der Waals surface area (Å²) in [5.41, 5.74) is 0.830. The quantitative estimate of drug-likeness (QED) is 0.821. The highest BCUT2D eigenvalue weighted by Gasteiger charge is 2.36. The van der Waals surface area contributed by atoms with Gasteiger partial charge in [-0.15, -0.1) is 5.10 Å². The molecule has 2 aromatic rings. The van der Waals surface area contributed by atoms with Crippen molar-refractivity contribution in [3.8, 4) is 0 Å². The molecular weight excluding hydrogens is 282 g/mol. The van der Waals surface area contributed by atoms with Crippen molar-refractivity contribution in [2.75, 3.05) is 13.1 Å². The van der Waals surface area contributed by atoms with Crippen LogP contribution in [-0.2, 0) is 11.3 Å². The zero-order valence-electron chi connectivity index (χ0n) is 12.4. The lowest BCUT2D eigenvalue weighted by Gasteiger charge is -2.40. The third kappa shape index (κ3) is 2.49. The largest absolute Gasteiger partial charge is 0.338 e. The van der Waals surface area contributed by atoms with Crippen LogP contribution in [0.15, 0.2) is 18.6 Å². The normalized spacial score (nSPS) is 19.5. The maximum Gasteiger partial charge on any atom is 0.225 e. The van der Waals surface area contributed by atoms with Crippen molar-refractivity contribution < 1.29 is 4.79 Å². The molecule has 8 heteroatoms. The molecule has 0 unspecified atom stereocenters. The van der Waals surface area contributed by atoms with Crippen LogP contribution >= 0.6 is 0 Å². The number of aromatic nitrogens is 6. The highest BCUT2D eigenvalue weighted by molar-refractivity contribution is 5.79. The van der Waals surface area contributed by atoms with Gasteiger partial charge in [-0.3, -0.25) is 4.79 Å². The number of carbonyl (C=O) groups is 1. The Morgan fingerprint density at radius 2 is 1.91 bits per heavy atom. The van der Waals surface area contributed by atoms with E-state index in [0.717, 1.165) is 31.6 Å². The molecule has 0 radical (unpaired) electrons. The van der Waals surface area contributed by atoms with Crippen molar-refractivity contribution in [1.29, 1.82) is 0 Å². The van der Waals surface area contributed by atoms with Crippen LogP contribution in [0.1, 0.15) is 37.4 Å². The second-order valence-corrected chi connectivity index (χ2v) is 6.13. The van der Waals surface area contributed by atoms with Gasteiger partial charge in [0.2, 0.25) is 5.91 Å². The molecule has 1 aliphatic carbocycles. The summed E-state index contributed by atoms with van der Waals surface area (Å²) in [7, 11) is 0. The Morgan fingerprint density at radius 1 is 1.18 bits per heavy atom. The monoisotopic (exact) mass is 301 g/mol. The summed E-state index contributed by atoms with van der Waals surface area (Å²) >= 11 is 0. The molecule has 0 spiro atoms. The molecule has 0 atom stereocenters. The Labute approximate surface area is 128 Å². The zero-order chi connectivity index (χ0) is 14.9. The summed E-state index contributed by atoms with van der Waals surface area (Å²) in [6.45, 7) is 2.01. The van der Waals surface area contributed by atoms with E-state index in [9.17, 15) is 4.79 Å². The minimum absolute atomic E-state index is 0.247. The highest BCUT2D eigenvalue weighted by atomic mass is 16.2. The fraction of sp³-hybridized carbons (Fsp3) is 0.643.